The summed E-state index contributed by atoms with van der Waals surface area (Å²) in [4.78, 5) is 11.8. The van der Waals surface area contributed by atoms with Crippen molar-refractivity contribution in [1.29, 1.82) is 0 Å². The zero-order valence-electron chi connectivity index (χ0n) is 11.9. The molecule has 106 valence electrons. The van der Waals surface area contributed by atoms with Gasteiger partial charge in [0.2, 0.25) is 5.91 Å². The van der Waals surface area contributed by atoms with Crippen LogP contribution in [0.1, 0.15) is 45.6 Å². The maximum absolute atomic E-state index is 11.8. The zero-order valence-corrected chi connectivity index (χ0v) is 11.9. The number of aromatic nitrogens is 2. The molecule has 1 aromatic rings. The first-order chi connectivity index (χ1) is 9.19. The summed E-state index contributed by atoms with van der Waals surface area (Å²) in [5.74, 6) is 0.513. The molecule has 2 heterocycles. The maximum Gasteiger partial charge on any atom is 0.224 e. The van der Waals surface area contributed by atoms with Crippen molar-refractivity contribution in [3.05, 3.63) is 12.4 Å². The molecule has 2 N–H and O–H groups in total. The van der Waals surface area contributed by atoms with Gasteiger partial charge in [0.05, 0.1) is 17.9 Å². The smallest absolute Gasteiger partial charge is 0.224 e. The van der Waals surface area contributed by atoms with Gasteiger partial charge in [-0.15, -0.1) is 0 Å². The molecule has 2 rings (SSSR count). The highest BCUT2D eigenvalue weighted by Crippen LogP contribution is 2.19. The third kappa shape index (κ3) is 4.06. The van der Waals surface area contributed by atoms with Gasteiger partial charge in [0.1, 0.15) is 0 Å². The van der Waals surface area contributed by atoms with Gasteiger partial charge < -0.3 is 10.6 Å². The van der Waals surface area contributed by atoms with Crippen LogP contribution in [-0.2, 0) is 4.79 Å². The Morgan fingerprint density at radius 3 is 3.00 bits per heavy atom. The second-order valence-corrected chi connectivity index (χ2v) is 5.46. The van der Waals surface area contributed by atoms with Crippen molar-refractivity contribution in [1.82, 2.24) is 15.1 Å². The lowest BCUT2D eigenvalue weighted by Crippen LogP contribution is -2.29. The molecule has 1 atom stereocenters. The minimum absolute atomic E-state index is 0.0826. The van der Waals surface area contributed by atoms with Crippen LogP contribution >= 0.6 is 0 Å². The van der Waals surface area contributed by atoms with Crippen molar-refractivity contribution in [2.75, 3.05) is 18.4 Å². The topological polar surface area (TPSA) is 59.0 Å². The van der Waals surface area contributed by atoms with Gasteiger partial charge in [0.25, 0.3) is 0 Å². The molecule has 1 fully saturated rings. The van der Waals surface area contributed by atoms with Gasteiger partial charge in [-0.25, -0.2) is 0 Å². The van der Waals surface area contributed by atoms with Crippen molar-refractivity contribution in [2.24, 2.45) is 5.92 Å². The van der Waals surface area contributed by atoms with Crippen LogP contribution in [0.2, 0.25) is 0 Å². The molecule has 0 aromatic carbocycles. The average Bonchev–Trinajstić information content (AvgIpc) is 2.88. The molecule has 19 heavy (non-hydrogen) atoms. The SMILES string of the molecule is CCC(C)CC(=O)Nc1cnn(C2CCNCC2)c1. The lowest BCUT2D eigenvalue weighted by molar-refractivity contribution is -0.117. The number of hydrogen-bond donors (Lipinski definition) is 2. The molecule has 5 heteroatoms. The Morgan fingerprint density at radius 1 is 1.58 bits per heavy atom. The second kappa shape index (κ2) is 6.70. The first-order valence-electron chi connectivity index (χ1n) is 7.23. The van der Waals surface area contributed by atoms with Crippen LogP contribution in [0.5, 0.6) is 0 Å². The van der Waals surface area contributed by atoms with Gasteiger partial charge in [-0.2, -0.15) is 5.10 Å². The second-order valence-electron chi connectivity index (χ2n) is 5.46. The van der Waals surface area contributed by atoms with Crippen molar-refractivity contribution in [3.63, 3.8) is 0 Å². The van der Waals surface area contributed by atoms with E-state index in [2.05, 4.69) is 29.6 Å². The van der Waals surface area contributed by atoms with Gasteiger partial charge in [0, 0.05) is 12.6 Å². The van der Waals surface area contributed by atoms with Crippen LogP contribution in [0.3, 0.4) is 0 Å². The van der Waals surface area contributed by atoms with E-state index >= 15 is 0 Å². The number of anilines is 1. The Balaban J connectivity index is 1.88. The normalized spacial score (nSPS) is 18.2. The number of piperidine rings is 1. The lowest BCUT2D eigenvalue weighted by atomic mass is 10.1. The highest BCUT2D eigenvalue weighted by Gasteiger charge is 2.16. The first kappa shape index (κ1) is 14.1. The molecule has 1 saturated heterocycles. The summed E-state index contributed by atoms with van der Waals surface area (Å²) >= 11 is 0. The predicted octanol–water partition coefficient (Wildman–Crippen LogP) is 2.18. The summed E-state index contributed by atoms with van der Waals surface area (Å²) in [6, 6.07) is 0.460. The van der Waals surface area contributed by atoms with Crippen LogP contribution in [0.4, 0.5) is 5.69 Å². The number of nitrogens with zero attached hydrogens (tertiary/aromatic N) is 2. The molecule has 1 aliphatic heterocycles. The lowest BCUT2D eigenvalue weighted by Gasteiger charge is -2.22. The van der Waals surface area contributed by atoms with Crippen molar-refractivity contribution in [3.8, 4) is 0 Å². The molecular formula is C14H24N4O. The summed E-state index contributed by atoms with van der Waals surface area (Å²) in [6.45, 7) is 6.28. The number of hydrogen-bond acceptors (Lipinski definition) is 3. The monoisotopic (exact) mass is 264 g/mol. The van der Waals surface area contributed by atoms with Crippen molar-refractivity contribution < 1.29 is 4.79 Å². The van der Waals surface area contributed by atoms with Crippen LogP contribution in [-0.4, -0.2) is 28.8 Å². The van der Waals surface area contributed by atoms with E-state index in [9.17, 15) is 4.79 Å². The van der Waals surface area contributed by atoms with E-state index in [1.54, 1.807) is 6.20 Å². The molecule has 0 saturated carbocycles. The summed E-state index contributed by atoms with van der Waals surface area (Å²) in [5.41, 5.74) is 0.812. The summed E-state index contributed by atoms with van der Waals surface area (Å²) in [7, 11) is 0. The fraction of sp³-hybridized carbons (Fsp3) is 0.714. The molecule has 0 spiro atoms. The highest BCUT2D eigenvalue weighted by atomic mass is 16.1. The number of carbonyl (C=O) groups excluding carboxylic acids is 1. The molecule has 5 nitrogen and oxygen atoms in total. The Morgan fingerprint density at radius 2 is 2.32 bits per heavy atom. The van der Waals surface area contributed by atoms with E-state index in [-0.39, 0.29) is 5.91 Å². The summed E-state index contributed by atoms with van der Waals surface area (Å²) in [5, 5.41) is 10.6. The predicted molar refractivity (Wildman–Crippen MR) is 76.1 cm³/mol. The Kier molecular flexibility index (Phi) is 4.96. The Bertz CT molecular complexity index is 409. The van der Waals surface area contributed by atoms with Gasteiger partial charge in [-0.05, 0) is 31.8 Å². The fourth-order valence-electron chi connectivity index (χ4n) is 2.35. The summed E-state index contributed by atoms with van der Waals surface area (Å²) in [6.07, 6.45) is 7.50. The van der Waals surface area contributed by atoms with Crippen LogP contribution in [0.15, 0.2) is 12.4 Å². The standard InChI is InChI=1S/C14H24N4O/c1-3-11(2)8-14(19)17-12-9-16-18(10-12)13-4-6-15-7-5-13/h9-11,13,15H,3-8H2,1-2H3,(H,17,19). The maximum atomic E-state index is 11.8. The Labute approximate surface area is 114 Å². The van der Waals surface area contributed by atoms with Crippen LogP contribution in [0, 0.1) is 5.92 Å². The minimum atomic E-state index is 0.0826. The van der Waals surface area contributed by atoms with E-state index in [0.717, 1.165) is 38.0 Å². The van der Waals surface area contributed by atoms with Crippen molar-refractivity contribution >= 4 is 11.6 Å². The average molecular weight is 264 g/mol. The molecule has 0 radical (unpaired) electrons. The molecule has 1 aromatic heterocycles. The van der Waals surface area contributed by atoms with Gasteiger partial charge in [-0.3, -0.25) is 9.48 Å². The molecular weight excluding hydrogens is 240 g/mol. The van der Waals surface area contributed by atoms with E-state index in [1.807, 2.05) is 10.9 Å². The quantitative estimate of drug-likeness (QED) is 0.857. The van der Waals surface area contributed by atoms with Gasteiger partial charge in [-0.1, -0.05) is 20.3 Å². The van der Waals surface area contributed by atoms with Crippen LogP contribution in [0.25, 0.3) is 0 Å². The number of amides is 1. The van der Waals surface area contributed by atoms with E-state index in [0.29, 0.717) is 18.4 Å². The molecule has 0 aliphatic carbocycles. The molecule has 1 unspecified atom stereocenters. The van der Waals surface area contributed by atoms with Crippen LogP contribution < -0.4 is 10.6 Å². The minimum Gasteiger partial charge on any atom is -0.323 e. The summed E-state index contributed by atoms with van der Waals surface area (Å²) < 4.78 is 1.99. The van der Waals surface area contributed by atoms with Gasteiger partial charge >= 0.3 is 0 Å². The number of nitrogens with one attached hydrogen (secondary N) is 2. The highest BCUT2D eigenvalue weighted by molar-refractivity contribution is 5.90. The molecule has 1 amide bonds. The third-order valence-corrected chi connectivity index (χ3v) is 3.80. The van der Waals surface area contributed by atoms with E-state index in [1.165, 1.54) is 0 Å². The number of carbonyl (C=O) groups is 1. The third-order valence-electron chi connectivity index (χ3n) is 3.80. The van der Waals surface area contributed by atoms with E-state index < -0.39 is 0 Å². The number of rotatable bonds is 5. The van der Waals surface area contributed by atoms with Crippen molar-refractivity contribution in [2.45, 2.75) is 45.6 Å². The zero-order chi connectivity index (χ0) is 13.7. The van der Waals surface area contributed by atoms with Gasteiger partial charge in [0.15, 0.2) is 0 Å². The fourth-order valence-corrected chi connectivity index (χ4v) is 2.35. The molecule has 0 bridgehead atoms. The molecule has 1 aliphatic rings. The van der Waals surface area contributed by atoms with E-state index in [4.69, 9.17) is 0 Å². The first-order valence-corrected chi connectivity index (χ1v) is 7.23. The largest absolute Gasteiger partial charge is 0.323 e. The Hall–Kier alpha value is -1.36.